The number of hydrogen-bond acceptors (Lipinski definition) is 5. The Kier molecular flexibility index (Phi) is 3.86. The van der Waals surface area contributed by atoms with Crippen molar-refractivity contribution in [2.75, 3.05) is 26.9 Å². The summed E-state index contributed by atoms with van der Waals surface area (Å²) in [7, 11) is 1.34. The topological polar surface area (TPSA) is 62.6 Å². The Morgan fingerprint density at radius 2 is 2.50 bits per heavy atom. The van der Waals surface area contributed by atoms with Gasteiger partial charge in [-0.15, -0.1) is 0 Å². The fraction of sp³-hybridized carbons (Fsp3) is 0.778. The van der Waals surface area contributed by atoms with Crippen LogP contribution >= 0.6 is 0 Å². The molecule has 78 valence electrons. The number of methoxy groups -OCH3 is 1. The number of ether oxygens (including phenoxy) is 2. The maximum atomic E-state index is 11.3. The van der Waals surface area contributed by atoms with Crippen molar-refractivity contribution < 1.29 is 14.3 Å². The van der Waals surface area contributed by atoms with E-state index >= 15 is 0 Å². The van der Waals surface area contributed by atoms with Crippen LogP contribution in [0.4, 0.5) is 0 Å². The highest BCUT2D eigenvalue weighted by atomic mass is 16.5. The summed E-state index contributed by atoms with van der Waals surface area (Å²) in [5, 5.41) is 8.77. The zero-order valence-corrected chi connectivity index (χ0v) is 8.40. The lowest BCUT2D eigenvalue weighted by Gasteiger charge is -2.34. The van der Waals surface area contributed by atoms with Crippen molar-refractivity contribution in [2.45, 2.75) is 19.0 Å². The first kappa shape index (κ1) is 11.0. The summed E-state index contributed by atoms with van der Waals surface area (Å²) in [6.07, 6.45) is 0. The van der Waals surface area contributed by atoms with Crippen LogP contribution in [0.5, 0.6) is 0 Å². The van der Waals surface area contributed by atoms with Crippen molar-refractivity contribution in [3.63, 3.8) is 0 Å². The number of rotatable bonds is 2. The third kappa shape index (κ3) is 2.22. The van der Waals surface area contributed by atoms with Gasteiger partial charge >= 0.3 is 5.97 Å². The van der Waals surface area contributed by atoms with E-state index in [-0.39, 0.29) is 12.0 Å². The third-order valence-corrected chi connectivity index (χ3v) is 2.33. The van der Waals surface area contributed by atoms with Crippen molar-refractivity contribution >= 4 is 5.97 Å². The van der Waals surface area contributed by atoms with Crippen molar-refractivity contribution in [3.8, 4) is 6.07 Å². The van der Waals surface area contributed by atoms with Gasteiger partial charge in [-0.2, -0.15) is 5.26 Å². The van der Waals surface area contributed by atoms with Gasteiger partial charge in [0.05, 0.1) is 32.4 Å². The van der Waals surface area contributed by atoms with Gasteiger partial charge in [-0.1, -0.05) is 0 Å². The predicted octanol–water partition coefficient (Wildman–Crippen LogP) is -0.228. The second-order valence-electron chi connectivity index (χ2n) is 3.16. The summed E-state index contributed by atoms with van der Waals surface area (Å²) >= 11 is 0. The van der Waals surface area contributed by atoms with Gasteiger partial charge in [0.2, 0.25) is 0 Å². The van der Waals surface area contributed by atoms with Gasteiger partial charge in [-0.25, -0.2) is 0 Å². The lowest BCUT2D eigenvalue weighted by molar-refractivity contribution is -0.154. The third-order valence-electron chi connectivity index (χ3n) is 2.33. The molecule has 1 rings (SSSR count). The summed E-state index contributed by atoms with van der Waals surface area (Å²) in [5.41, 5.74) is 0. The lowest BCUT2D eigenvalue weighted by atomic mass is 10.2. The molecule has 5 heteroatoms. The second-order valence-corrected chi connectivity index (χ2v) is 3.16. The van der Waals surface area contributed by atoms with Gasteiger partial charge in [0.1, 0.15) is 6.04 Å². The Hall–Kier alpha value is -1.12. The van der Waals surface area contributed by atoms with E-state index in [1.54, 1.807) is 11.8 Å². The van der Waals surface area contributed by atoms with Gasteiger partial charge in [-0.3, -0.25) is 9.69 Å². The van der Waals surface area contributed by atoms with Gasteiger partial charge in [-0.05, 0) is 6.92 Å². The summed E-state index contributed by atoms with van der Waals surface area (Å²) < 4.78 is 9.82. The number of nitrogens with zero attached hydrogens (tertiary/aromatic N) is 2. The van der Waals surface area contributed by atoms with Crippen molar-refractivity contribution in [2.24, 2.45) is 0 Å². The Balaban J connectivity index is 2.69. The SMILES string of the molecule is COC(=O)C1COCCN1C(C)C#N. The molecule has 0 N–H and O–H groups in total. The van der Waals surface area contributed by atoms with E-state index in [2.05, 4.69) is 10.8 Å². The van der Waals surface area contributed by atoms with E-state index < -0.39 is 6.04 Å². The highest BCUT2D eigenvalue weighted by molar-refractivity contribution is 5.76. The van der Waals surface area contributed by atoms with E-state index in [0.29, 0.717) is 19.8 Å². The Bertz CT molecular complexity index is 249. The maximum absolute atomic E-state index is 11.3. The smallest absolute Gasteiger partial charge is 0.325 e. The molecule has 0 bridgehead atoms. The van der Waals surface area contributed by atoms with Crippen LogP contribution in [-0.4, -0.2) is 49.8 Å². The largest absolute Gasteiger partial charge is 0.468 e. The van der Waals surface area contributed by atoms with Gasteiger partial charge in [0.25, 0.3) is 0 Å². The van der Waals surface area contributed by atoms with Crippen LogP contribution in [0.15, 0.2) is 0 Å². The molecule has 5 nitrogen and oxygen atoms in total. The average molecular weight is 198 g/mol. The molecule has 0 amide bonds. The van der Waals surface area contributed by atoms with Crippen LogP contribution < -0.4 is 0 Å². The fourth-order valence-electron chi connectivity index (χ4n) is 1.49. The first-order chi connectivity index (χ1) is 6.70. The molecule has 2 unspecified atom stereocenters. The van der Waals surface area contributed by atoms with Gasteiger partial charge in [0, 0.05) is 6.54 Å². The fourth-order valence-corrected chi connectivity index (χ4v) is 1.49. The molecule has 0 aromatic rings. The number of carbonyl (C=O) groups excluding carboxylic acids is 1. The molecule has 0 aromatic carbocycles. The standard InChI is InChI=1S/C9H14N2O3/c1-7(5-10)11-3-4-14-6-8(11)9(12)13-2/h7-8H,3-4,6H2,1-2H3. The van der Waals surface area contributed by atoms with Crippen LogP contribution in [0.3, 0.4) is 0 Å². The number of morpholine rings is 1. The summed E-state index contributed by atoms with van der Waals surface area (Å²) in [4.78, 5) is 13.1. The van der Waals surface area contributed by atoms with E-state index in [4.69, 9.17) is 10.00 Å². The van der Waals surface area contributed by atoms with Gasteiger partial charge in [0.15, 0.2) is 0 Å². The monoisotopic (exact) mass is 198 g/mol. The first-order valence-electron chi connectivity index (χ1n) is 4.51. The van der Waals surface area contributed by atoms with Crippen LogP contribution in [0.2, 0.25) is 0 Å². The Labute approximate surface area is 83.2 Å². The second kappa shape index (κ2) is 4.94. The minimum Gasteiger partial charge on any atom is -0.468 e. The molecule has 0 saturated carbocycles. The van der Waals surface area contributed by atoms with E-state index in [9.17, 15) is 4.79 Å². The minimum absolute atomic E-state index is 0.289. The zero-order valence-electron chi connectivity index (χ0n) is 8.40. The van der Waals surface area contributed by atoms with Crippen LogP contribution in [0.25, 0.3) is 0 Å². The Morgan fingerprint density at radius 3 is 3.07 bits per heavy atom. The van der Waals surface area contributed by atoms with E-state index in [1.807, 2.05) is 0 Å². The normalized spacial score (nSPS) is 25.1. The molecule has 1 aliphatic rings. The summed E-state index contributed by atoms with van der Waals surface area (Å²) in [6.45, 7) is 3.22. The number of esters is 1. The van der Waals surface area contributed by atoms with Crippen LogP contribution in [-0.2, 0) is 14.3 Å². The molecule has 2 atom stereocenters. The molecule has 0 radical (unpaired) electrons. The predicted molar refractivity (Wildman–Crippen MR) is 48.4 cm³/mol. The molecule has 0 spiro atoms. The molecule has 1 saturated heterocycles. The van der Waals surface area contributed by atoms with Crippen molar-refractivity contribution in [1.29, 1.82) is 5.26 Å². The average Bonchev–Trinajstić information content (AvgIpc) is 2.27. The van der Waals surface area contributed by atoms with Crippen LogP contribution in [0.1, 0.15) is 6.92 Å². The molecular formula is C9H14N2O3. The first-order valence-corrected chi connectivity index (χ1v) is 4.51. The maximum Gasteiger partial charge on any atom is 0.325 e. The lowest BCUT2D eigenvalue weighted by Crippen LogP contribution is -2.53. The summed E-state index contributed by atoms with van der Waals surface area (Å²) in [5.74, 6) is -0.341. The highest BCUT2D eigenvalue weighted by Crippen LogP contribution is 2.11. The molecule has 14 heavy (non-hydrogen) atoms. The molecule has 1 fully saturated rings. The van der Waals surface area contributed by atoms with E-state index in [0.717, 1.165) is 0 Å². The summed E-state index contributed by atoms with van der Waals surface area (Å²) in [6, 6.07) is 1.38. The Morgan fingerprint density at radius 1 is 1.79 bits per heavy atom. The molecule has 0 aliphatic carbocycles. The molecule has 0 aromatic heterocycles. The minimum atomic E-state index is -0.441. The number of hydrogen-bond donors (Lipinski definition) is 0. The molecular weight excluding hydrogens is 184 g/mol. The molecule has 1 heterocycles. The molecule has 1 aliphatic heterocycles. The van der Waals surface area contributed by atoms with Crippen molar-refractivity contribution in [3.05, 3.63) is 0 Å². The van der Waals surface area contributed by atoms with Crippen LogP contribution in [0, 0.1) is 11.3 Å². The highest BCUT2D eigenvalue weighted by Gasteiger charge is 2.33. The van der Waals surface area contributed by atoms with Crippen molar-refractivity contribution in [1.82, 2.24) is 4.90 Å². The zero-order chi connectivity index (χ0) is 10.6. The van der Waals surface area contributed by atoms with E-state index in [1.165, 1.54) is 7.11 Å². The quantitative estimate of drug-likeness (QED) is 0.574. The number of nitriles is 1. The number of carbonyl (C=O) groups is 1. The van der Waals surface area contributed by atoms with Gasteiger partial charge < -0.3 is 9.47 Å².